The Morgan fingerprint density at radius 1 is 1.08 bits per heavy atom. The van der Waals surface area contributed by atoms with Gasteiger partial charge in [0.2, 0.25) is 5.91 Å². The second kappa shape index (κ2) is 7.81. The molecule has 0 saturated heterocycles. The zero-order chi connectivity index (χ0) is 17.6. The highest BCUT2D eigenvalue weighted by molar-refractivity contribution is 6.30. The topological polar surface area (TPSA) is 90.6 Å². The number of amides is 1. The van der Waals surface area contributed by atoms with Crippen LogP contribution in [0.3, 0.4) is 0 Å². The zero-order valence-electron chi connectivity index (χ0n) is 13.3. The first kappa shape index (κ1) is 17.0. The van der Waals surface area contributed by atoms with E-state index in [2.05, 4.69) is 20.5 Å². The van der Waals surface area contributed by atoms with E-state index in [1.165, 1.54) is 0 Å². The predicted molar refractivity (Wildman–Crippen MR) is 95.4 cm³/mol. The number of benzene rings is 2. The van der Waals surface area contributed by atoms with E-state index in [0.717, 1.165) is 11.1 Å². The molecule has 3 rings (SSSR count). The molecule has 1 unspecified atom stereocenters. The Morgan fingerprint density at radius 2 is 1.76 bits per heavy atom. The van der Waals surface area contributed by atoms with Gasteiger partial charge in [0.1, 0.15) is 5.82 Å². The molecule has 1 aromatic heterocycles. The molecule has 0 radical (unpaired) electrons. The van der Waals surface area contributed by atoms with Crippen molar-refractivity contribution >= 4 is 17.5 Å². The second-order valence-corrected chi connectivity index (χ2v) is 6.06. The standard InChI is InChI=1S/C18H17ClN4O2/c19-14-8-6-13(7-9-14)15(12-4-2-1-3-5-12)10-17(24)20-11-16-21-18(25)23-22-16/h1-9,15H,10-11H2,(H,20,24)(H2,21,22,23,25). The number of hydrogen-bond acceptors (Lipinski definition) is 3. The van der Waals surface area contributed by atoms with Gasteiger partial charge in [-0.1, -0.05) is 54.1 Å². The first-order chi connectivity index (χ1) is 12.1. The number of carbonyl (C=O) groups excluding carboxylic acids is 1. The molecule has 128 valence electrons. The first-order valence-corrected chi connectivity index (χ1v) is 8.20. The van der Waals surface area contributed by atoms with Crippen molar-refractivity contribution in [3.63, 3.8) is 0 Å². The molecule has 0 aliphatic carbocycles. The Balaban J connectivity index is 1.74. The number of aromatic nitrogens is 3. The summed E-state index contributed by atoms with van der Waals surface area (Å²) in [6.45, 7) is 0.166. The predicted octanol–water partition coefficient (Wildman–Crippen LogP) is 2.59. The van der Waals surface area contributed by atoms with Crippen molar-refractivity contribution in [1.29, 1.82) is 0 Å². The summed E-state index contributed by atoms with van der Waals surface area (Å²) in [7, 11) is 0. The van der Waals surface area contributed by atoms with Gasteiger partial charge in [0.05, 0.1) is 6.54 Å². The van der Waals surface area contributed by atoms with Gasteiger partial charge in [0.15, 0.2) is 0 Å². The minimum absolute atomic E-state index is 0.0864. The molecule has 0 saturated carbocycles. The monoisotopic (exact) mass is 356 g/mol. The number of H-pyrrole nitrogens is 2. The maximum Gasteiger partial charge on any atom is 0.340 e. The summed E-state index contributed by atoms with van der Waals surface area (Å²) in [5, 5.41) is 9.47. The van der Waals surface area contributed by atoms with Crippen LogP contribution in [0, 0.1) is 0 Å². The normalized spacial score (nSPS) is 11.9. The molecule has 1 amide bonds. The van der Waals surface area contributed by atoms with Crippen LogP contribution in [0.5, 0.6) is 0 Å². The Kier molecular flexibility index (Phi) is 5.30. The van der Waals surface area contributed by atoms with E-state index in [-0.39, 0.29) is 24.8 Å². The van der Waals surface area contributed by atoms with Crippen LogP contribution in [0.4, 0.5) is 0 Å². The summed E-state index contributed by atoms with van der Waals surface area (Å²) in [4.78, 5) is 25.9. The van der Waals surface area contributed by atoms with Crippen LogP contribution in [-0.4, -0.2) is 21.1 Å². The van der Waals surface area contributed by atoms with E-state index in [1.807, 2.05) is 54.6 Å². The zero-order valence-corrected chi connectivity index (χ0v) is 14.1. The third-order valence-corrected chi connectivity index (χ3v) is 4.12. The van der Waals surface area contributed by atoms with E-state index in [4.69, 9.17) is 11.6 Å². The molecule has 2 aromatic carbocycles. The van der Waals surface area contributed by atoms with Crippen LogP contribution in [0.1, 0.15) is 29.3 Å². The Bertz CT molecular complexity index is 887. The first-order valence-electron chi connectivity index (χ1n) is 7.82. The number of rotatable bonds is 6. The largest absolute Gasteiger partial charge is 0.349 e. The second-order valence-electron chi connectivity index (χ2n) is 5.62. The molecule has 6 nitrogen and oxygen atoms in total. The van der Waals surface area contributed by atoms with Gasteiger partial charge in [-0.25, -0.2) is 9.89 Å². The molecule has 0 aliphatic rings. The number of nitrogens with one attached hydrogen (secondary N) is 3. The third kappa shape index (κ3) is 4.58. The van der Waals surface area contributed by atoms with E-state index >= 15 is 0 Å². The minimum atomic E-state index is -0.396. The van der Waals surface area contributed by atoms with Crippen LogP contribution in [0.2, 0.25) is 5.02 Å². The van der Waals surface area contributed by atoms with Crippen LogP contribution in [0.15, 0.2) is 59.4 Å². The highest BCUT2D eigenvalue weighted by atomic mass is 35.5. The molecule has 1 heterocycles. The number of aromatic amines is 2. The van der Waals surface area contributed by atoms with Crippen LogP contribution in [-0.2, 0) is 11.3 Å². The lowest BCUT2D eigenvalue weighted by Gasteiger charge is -2.18. The van der Waals surface area contributed by atoms with Crippen LogP contribution >= 0.6 is 11.6 Å². The third-order valence-electron chi connectivity index (χ3n) is 3.87. The van der Waals surface area contributed by atoms with Crippen LogP contribution in [0.25, 0.3) is 0 Å². The number of hydrogen-bond donors (Lipinski definition) is 3. The van der Waals surface area contributed by atoms with E-state index in [1.54, 1.807) is 0 Å². The number of halogens is 1. The van der Waals surface area contributed by atoms with Gasteiger partial charge in [0.25, 0.3) is 0 Å². The molecule has 0 aliphatic heterocycles. The van der Waals surface area contributed by atoms with Gasteiger partial charge in [-0.3, -0.25) is 9.78 Å². The smallest absolute Gasteiger partial charge is 0.340 e. The fraction of sp³-hybridized carbons (Fsp3) is 0.167. The van der Waals surface area contributed by atoms with Crippen molar-refractivity contribution in [1.82, 2.24) is 20.5 Å². The lowest BCUT2D eigenvalue weighted by Crippen LogP contribution is -2.25. The van der Waals surface area contributed by atoms with E-state index in [9.17, 15) is 9.59 Å². The summed E-state index contributed by atoms with van der Waals surface area (Å²) in [6, 6.07) is 17.3. The minimum Gasteiger partial charge on any atom is -0.349 e. The van der Waals surface area contributed by atoms with Crippen molar-refractivity contribution in [2.45, 2.75) is 18.9 Å². The Morgan fingerprint density at radius 3 is 2.40 bits per heavy atom. The molecule has 1 atom stereocenters. The average molecular weight is 357 g/mol. The molecular weight excluding hydrogens is 340 g/mol. The average Bonchev–Trinajstić information content (AvgIpc) is 3.05. The Hall–Kier alpha value is -2.86. The lowest BCUT2D eigenvalue weighted by molar-refractivity contribution is -0.121. The molecular formula is C18H17ClN4O2. The summed E-state index contributed by atoms with van der Waals surface area (Å²) in [6.07, 6.45) is 0.278. The fourth-order valence-corrected chi connectivity index (χ4v) is 2.76. The molecule has 3 N–H and O–H groups in total. The fourth-order valence-electron chi connectivity index (χ4n) is 2.64. The maximum atomic E-state index is 12.4. The van der Waals surface area contributed by atoms with Crippen molar-refractivity contribution in [2.24, 2.45) is 0 Å². The summed E-state index contributed by atoms with van der Waals surface area (Å²) in [5.41, 5.74) is 1.67. The molecule has 3 aromatic rings. The van der Waals surface area contributed by atoms with E-state index < -0.39 is 5.69 Å². The number of nitrogens with zero attached hydrogens (tertiary/aromatic N) is 1. The van der Waals surface area contributed by atoms with Crippen molar-refractivity contribution in [3.05, 3.63) is 87.1 Å². The van der Waals surface area contributed by atoms with Gasteiger partial charge in [0, 0.05) is 17.4 Å². The summed E-state index contributed by atoms with van der Waals surface area (Å²) in [5.74, 6) is 0.172. The number of carbonyl (C=O) groups is 1. The van der Waals surface area contributed by atoms with Gasteiger partial charge >= 0.3 is 5.69 Å². The van der Waals surface area contributed by atoms with E-state index in [0.29, 0.717) is 10.8 Å². The SMILES string of the molecule is O=C(CC(c1ccccc1)c1ccc(Cl)cc1)NCc1n[nH]c(=O)[nH]1. The van der Waals surface area contributed by atoms with Gasteiger partial charge in [-0.2, -0.15) is 5.10 Å². The highest BCUT2D eigenvalue weighted by Crippen LogP contribution is 2.28. The van der Waals surface area contributed by atoms with Crippen molar-refractivity contribution in [3.8, 4) is 0 Å². The molecule has 0 fully saturated rings. The molecule has 0 spiro atoms. The van der Waals surface area contributed by atoms with Gasteiger partial charge in [-0.05, 0) is 23.3 Å². The molecule has 0 bridgehead atoms. The van der Waals surface area contributed by atoms with Crippen LogP contribution < -0.4 is 11.0 Å². The molecule has 25 heavy (non-hydrogen) atoms. The Labute approximate surface area is 149 Å². The van der Waals surface area contributed by atoms with Gasteiger partial charge in [-0.15, -0.1) is 0 Å². The molecule has 7 heteroatoms. The van der Waals surface area contributed by atoms with Crippen molar-refractivity contribution in [2.75, 3.05) is 0 Å². The highest BCUT2D eigenvalue weighted by Gasteiger charge is 2.18. The quantitative estimate of drug-likeness (QED) is 0.634. The van der Waals surface area contributed by atoms with Gasteiger partial charge < -0.3 is 5.32 Å². The lowest BCUT2D eigenvalue weighted by atomic mass is 9.88. The maximum absolute atomic E-state index is 12.4. The van der Waals surface area contributed by atoms with Crippen molar-refractivity contribution < 1.29 is 4.79 Å². The summed E-state index contributed by atoms with van der Waals surface area (Å²) >= 11 is 5.97. The summed E-state index contributed by atoms with van der Waals surface area (Å²) < 4.78 is 0.